The zero-order valence-corrected chi connectivity index (χ0v) is 22.3. The molecule has 5 rings (SSSR count). The summed E-state index contributed by atoms with van der Waals surface area (Å²) in [5.74, 6) is -0.401. The van der Waals surface area contributed by atoms with E-state index in [2.05, 4.69) is 24.3 Å². The Morgan fingerprint density at radius 3 is 2.37 bits per heavy atom. The number of carbonyl (C=O) groups excluding carboxylic acids is 3. The van der Waals surface area contributed by atoms with E-state index < -0.39 is 11.3 Å². The van der Waals surface area contributed by atoms with Crippen LogP contribution in [0.1, 0.15) is 68.9 Å². The van der Waals surface area contributed by atoms with Gasteiger partial charge in [-0.3, -0.25) is 14.4 Å². The van der Waals surface area contributed by atoms with Crippen molar-refractivity contribution in [2.24, 2.45) is 11.3 Å². The van der Waals surface area contributed by atoms with Gasteiger partial charge in [0.2, 0.25) is 11.8 Å². The van der Waals surface area contributed by atoms with Crippen LogP contribution in [0.4, 0.5) is 0 Å². The SMILES string of the molecule is CCOC(=O)[C@]12CCCC=C1N(Cc1ccccc1)C(=O)[C@H](CC(=O)N1CCC(c3ccccc3)CC1)C2. The molecule has 2 atom stereocenters. The van der Waals surface area contributed by atoms with Crippen LogP contribution in [-0.4, -0.2) is 47.3 Å². The zero-order chi connectivity index (χ0) is 26.5. The van der Waals surface area contributed by atoms with Crippen LogP contribution in [0.3, 0.4) is 0 Å². The minimum atomic E-state index is -0.873. The number of fused-ring (bicyclic) bond motifs is 1. The van der Waals surface area contributed by atoms with Crippen molar-refractivity contribution in [3.8, 4) is 0 Å². The molecular weight excluding hydrogens is 476 g/mol. The highest BCUT2D eigenvalue weighted by atomic mass is 16.5. The number of rotatable bonds is 7. The van der Waals surface area contributed by atoms with E-state index in [9.17, 15) is 14.4 Å². The highest BCUT2D eigenvalue weighted by Gasteiger charge is 2.54. The van der Waals surface area contributed by atoms with Crippen LogP contribution in [0.25, 0.3) is 0 Å². The van der Waals surface area contributed by atoms with E-state index in [4.69, 9.17) is 4.74 Å². The summed E-state index contributed by atoms with van der Waals surface area (Å²) in [5.41, 5.74) is 2.22. The van der Waals surface area contributed by atoms with Crippen LogP contribution in [-0.2, 0) is 25.7 Å². The summed E-state index contributed by atoms with van der Waals surface area (Å²) < 4.78 is 5.59. The first-order chi connectivity index (χ1) is 18.5. The van der Waals surface area contributed by atoms with E-state index in [0.717, 1.165) is 36.9 Å². The molecule has 2 amide bonds. The number of hydrogen-bond donors (Lipinski definition) is 0. The second-order valence-corrected chi connectivity index (χ2v) is 10.9. The Balaban J connectivity index is 1.35. The standard InChI is InChI=1S/C32H38N2O4/c1-2-38-31(37)32-18-10-9-15-28(32)34(23-24-11-5-3-6-12-24)30(36)27(22-32)21-29(35)33-19-16-26(17-20-33)25-13-7-4-8-14-25/h3-8,11-15,26-27H,2,9-10,16-23H2,1H3/t27-,32+/m1/s1. The van der Waals surface area contributed by atoms with Gasteiger partial charge in [0.05, 0.1) is 13.2 Å². The number of nitrogens with zero attached hydrogens (tertiary/aromatic N) is 2. The lowest BCUT2D eigenvalue weighted by atomic mass is 9.66. The van der Waals surface area contributed by atoms with Crippen molar-refractivity contribution >= 4 is 17.8 Å². The van der Waals surface area contributed by atoms with Gasteiger partial charge in [-0.05, 0) is 62.5 Å². The van der Waals surface area contributed by atoms with E-state index >= 15 is 0 Å². The molecule has 2 aliphatic heterocycles. The molecule has 6 heteroatoms. The van der Waals surface area contributed by atoms with Gasteiger partial charge in [0.1, 0.15) is 5.41 Å². The average Bonchev–Trinajstić information content (AvgIpc) is 2.96. The first kappa shape index (κ1) is 26.2. The maximum absolute atomic E-state index is 13.9. The number of allylic oxidation sites excluding steroid dienone is 1. The normalized spacial score (nSPS) is 24.0. The first-order valence-corrected chi connectivity index (χ1v) is 14.1. The van der Waals surface area contributed by atoms with Crippen LogP contribution in [0, 0.1) is 11.3 Å². The molecule has 2 aromatic carbocycles. The van der Waals surface area contributed by atoms with Gasteiger partial charge in [0.25, 0.3) is 0 Å². The summed E-state index contributed by atoms with van der Waals surface area (Å²) in [6.07, 6.45) is 6.71. The molecule has 0 unspecified atom stereocenters. The predicted molar refractivity (Wildman–Crippen MR) is 146 cm³/mol. The van der Waals surface area contributed by atoms with E-state index in [-0.39, 0.29) is 24.2 Å². The summed E-state index contributed by atoms with van der Waals surface area (Å²) in [7, 11) is 0. The third kappa shape index (κ3) is 5.27. The lowest BCUT2D eigenvalue weighted by molar-refractivity contribution is -0.163. The third-order valence-corrected chi connectivity index (χ3v) is 8.53. The zero-order valence-electron chi connectivity index (χ0n) is 22.3. The van der Waals surface area contributed by atoms with Gasteiger partial charge in [0.15, 0.2) is 0 Å². The summed E-state index contributed by atoms with van der Waals surface area (Å²) in [6.45, 7) is 3.89. The number of esters is 1. The number of hydrogen-bond acceptors (Lipinski definition) is 4. The van der Waals surface area contributed by atoms with Crippen LogP contribution in [0.15, 0.2) is 72.4 Å². The van der Waals surface area contributed by atoms with Gasteiger partial charge >= 0.3 is 5.97 Å². The van der Waals surface area contributed by atoms with E-state index in [0.29, 0.717) is 45.0 Å². The van der Waals surface area contributed by atoms with Crippen molar-refractivity contribution in [3.63, 3.8) is 0 Å². The monoisotopic (exact) mass is 514 g/mol. The van der Waals surface area contributed by atoms with Gasteiger partial charge in [-0.2, -0.15) is 0 Å². The Bertz CT molecular complexity index is 1170. The van der Waals surface area contributed by atoms with E-state index in [1.807, 2.05) is 54.3 Å². The molecule has 200 valence electrons. The minimum Gasteiger partial charge on any atom is -0.465 e. The Morgan fingerprint density at radius 1 is 1.00 bits per heavy atom. The van der Waals surface area contributed by atoms with Crippen LogP contribution in [0.2, 0.25) is 0 Å². The fraction of sp³-hybridized carbons (Fsp3) is 0.469. The second-order valence-electron chi connectivity index (χ2n) is 10.9. The summed E-state index contributed by atoms with van der Waals surface area (Å²) in [6, 6.07) is 20.3. The Hall–Kier alpha value is -3.41. The molecule has 0 spiro atoms. The van der Waals surface area contributed by atoms with Gasteiger partial charge in [0, 0.05) is 31.1 Å². The van der Waals surface area contributed by atoms with Crippen LogP contribution in [0.5, 0.6) is 0 Å². The molecule has 0 radical (unpaired) electrons. The highest BCUT2D eigenvalue weighted by Crippen LogP contribution is 2.50. The number of likely N-dealkylation sites (tertiary alicyclic amines) is 2. The maximum atomic E-state index is 13.9. The molecule has 3 aliphatic rings. The second kappa shape index (κ2) is 11.5. The molecule has 38 heavy (non-hydrogen) atoms. The third-order valence-electron chi connectivity index (χ3n) is 8.53. The minimum absolute atomic E-state index is 0.0109. The summed E-state index contributed by atoms with van der Waals surface area (Å²) in [5, 5.41) is 0. The quantitative estimate of drug-likeness (QED) is 0.461. The van der Waals surface area contributed by atoms with Crippen LogP contribution >= 0.6 is 0 Å². The van der Waals surface area contributed by atoms with Crippen LogP contribution < -0.4 is 0 Å². The van der Waals surface area contributed by atoms with Gasteiger partial charge in [-0.25, -0.2) is 0 Å². The highest BCUT2D eigenvalue weighted by molar-refractivity contribution is 5.92. The van der Waals surface area contributed by atoms with E-state index in [1.165, 1.54) is 5.56 Å². The molecule has 1 aliphatic carbocycles. The van der Waals surface area contributed by atoms with Crippen molar-refractivity contribution in [2.75, 3.05) is 19.7 Å². The molecule has 6 nitrogen and oxygen atoms in total. The molecule has 0 aromatic heterocycles. The molecule has 0 saturated carbocycles. The predicted octanol–water partition coefficient (Wildman–Crippen LogP) is 5.45. The van der Waals surface area contributed by atoms with Crippen molar-refractivity contribution in [1.29, 1.82) is 0 Å². The molecule has 2 fully saturated rings. The fourth-order valence-corrected chi connectivity index (χ4v) is 6.56. The number of ether oxygens (including phenoxy) is 1. The largest absolute Gasteiger partial charge is 0.465 e. The van der Waals surface area contributed by atoms with Crippen molar-refractivity contribution in [2.45, 2.75) is 64.3 Å². The topological polar surface area (TPSA) is 66.9 Å². The smallest absolute Gasteiger partial charge is 0.318 e. The van der Waals surface area contributed by atoms with E-state index in [1.54, 1.807) is 4.90 Å². The molecule has 0 bridgehead atoms. The van der Waals surface area contributed by atoms with Crippen molar-refractivity contribution in [1.82, 2.24) is 9.80 Å². The summed E-state index contributed by atoms with van der Waals surface area (Å²) in [4.78, 5) is 44.6. The molecule has 2 saturated heterocycles. The molecule has 0 N–H and O–H groups in total. The first-order valence-electron chi connectivity index (χ1n) is 14.1. The average molecular weight is 515 g/mol. The Labute approximate surface area is 225 Å². The number of piperidine rings is 2. The van der Waals surface area contributed by atoms with Gasteiger partial charge < -0.3 is 14.5 Å². The molecular formula is C32H38N2O4. The Morgan fingerprint density at radius 2 is 1.68 bits per heavy atom. The van der Waals surface area contributed by atoms with Gasteiger partial charge in [-0.15, -0.1) is 0 Å². The fourth-order valence-electron chi connectivity index (χ4n) is 6.56. The number of amides is 2. The Kier molecular flexibility index (Phi) is 7.96. The number of carbonyl (C=O) groups is 3. The van der Waals surface area contributed by atoms with Gasteiger partial charge in [-0.1, -0.05) is 66.7 Å². The van der Waals surface area contributed by atoms with Crippen molar-refractivity contribution < 1.29 is 19.1 Å². The molecule has 2 heterocycles. The molecule has 2 aromatic rings. The summed E-state index contributed by atoms with van der Waals surface area (Å²) >= 11 is 0. The number of benzene rings is 2. The lowest BCUT2D eigenvalue weighted by Gasteiger charge is -2.48. The maximum Gasteiger partial charge on any atom is 0.318 e. The lowest BCUT2D eigenvalue weighted by Crippen LogP contribution is -2.54. The van der Waals surface area contributed by atoms with Crippen molar-refractivity contribution in [3.05, 3.63) is 83.6 Å².